The van der Waals surface area contributed by atoms with Gasteiger partial charge in [0.15, 0.2) is 0 Å². The van der Waals surface area contributed by atoms with Crippen LogP contribution < -0.4 is 10.1 Å². The molecule has 2 heteroatoms. The summed E-state index contributed by atoms with van der Waals surface area (Å²) in [4.78, 5) is 0. The van der Waals surface area contributed by atoms with E-state index in [2.05, 4.69) is 17.4 Å². The van der Waals surface area contributed by atoms with Gasteiger partial charge in [-0.3, -0.25) is 0 Å². The van der Waals surface area contributed by atoms with E-state index in [4.69, 9.17) is 4.74 Å². The zero-order valence-electron chi connectivity index (χ0n) is 10.0. The van der Waals surface area contributed by atoms with Crippen molar-refractivity contribution in [3.05, 3.63) is 24.3 Å². The molecule has 1 aliphatic carbocycles. The summed E-state index contributed by atoms with van der Waals surface area (Å²) in [5.74, 6) is 1.88. The third kappa shape index (κ3) is 3.16. The lowest BCUT2D eigenvalue weighted by Gasteiger charge is -2.11. The topological polar surface area (TPSA) is 21.3 Å². The lowest BCUT2D eigenvalue weighted by Crippen LogP contribution is -2.06. The zero-order chi connectivity index (χ0) is 11.2. The van der Waals surface area contributed by atoms with Crippen LogP contribution in [-0.2, 0) is 0 Å². The summed E-state index contributed by atoms with van der Waals surface area (Å²) in [5.41, 5.74) is 1.19. The number of benzene rings is 1. The molecule has 1 fully saturated rings. The van der Waals surface area contributed by atoms with Crippen molar-refractivity contribution in [1.82, 2.24) is 0 Å². The van der Waals surface area contributed by atoms with Gasteiger partial charge in [-0.05, 0) is 36.6 Å². The molecule has 0 bridgehead atoms. The van der Waals surface area contributed by atoms with Crippen LogP contribution in [0.2, 0.25) is 0 Å². The fourth-order valence-corrected chi connectivity index (χ4v) is 2.43. The summed E-state index contributed by atoms with van der Waals surface area (Å²) in [6.07, 6.45) is 7.06. The lowest BCUT2D eigenvalue weighted by molar-refractivity contribution is 0.415. The monoisotopic (exact) mass is 219 g/mol. The van der Waals surface area contributed by atoms with Gasteiger partial charge in [0.1, 0.15) is 5.75 Å². The molecule has 0 atom stereocenters. The van der Waals surface area contributed by atoms with Crippen molar-refractivity contribution in [2.75, 3.05) is 19.0 Å². The maximum absolute atomic E-state index is 5.13. The van der Waals surface area contributed by atoms with E-state index in [1.807, 2.05) is 12.1 Å². The van der Waals surface area contributed by atoms with Gasteiger partial charge < -0.3 is 10.1 Å². The molecule has 1 saturated carbocycles. The van der Waals surface area contributed by atoms with Crippen molar-refractivity contribution < 1.29 is 4.74 Å². The van der Waals surface area contributed by atoms with Crippen molar-refractivity contribution >= 4 is 5.69 Å². The molecule has 1 N–H and O–H groups in total. The molecule has 0 heterocycles. The van der Waals surface area contributed by atoms with Crippen molar-refractivity contribution in [3.8, 4) is 5.75 Å². The first-order valence-electron chi connectivity index (χ1n) is 6.26. The molecular weight excluding hydrogens is 198 g/mol. The fraction of sp³-hybridized carbons (Fsp3) is 0.571. The Kier molecular flexibility index (Phi) is 4.09. The SMILES string of the molecule is COc1ccc(NCCC2CCCC2)cc1. The Labute approximate surface area is 98.0 Å². The van der Waals surface area contributed by atoms with Crippen LogP contribution in [0, 0.1) is 5.92 Å². The van der Waals surface area contributed by atoms with Crippen LogP contribution in [0.15, 0.2) is 24.3 Å². The number of methoxy groups -OCH3 is 1. The number of hydrogen-bond donors (Lipinski definition) is 1. The molecule has 1 aromatic rings. The first kappa shape index (κ1) is 11.3. The average molecular weight is 219 g/mol. The Morgan fingerprint density at radius 1 is 1.19 bits per heavy atom. The Hall–Kier alpha value is -1.18. The summed E-state index contributed by atoms with van der Waals surface area (Å²) in [7, 11) is 1.70. The highest BCUT2D eigenvalue weighted by Gasteiger charge is 2.13. The van der Waals surface area contributed by atoms with Gasteiger partial charge in [0.25, 0.3) is 0 Å². The van der Waals surface area contributed by atoms with Gasteiger partial charge >= 0.3 is 0 Å². The summed E-state index contributed by atoms with van der Waals surface area (Å²) in [6.45, 7) is 1.09. The van der Waals surface area contributed by atoms with E-state index in [0.29, 0.717) is 0 Å². The summed E-state index contributed by atoms with van der Waals surface area (Å²) in [6, 6.07) is 8.15. The van der Waals surface area contributed by atoms with Gasteiger partial charge in [-0.1, -0.05) is 25.7 Å². The summed E-state index contributed by atoms with van der Waals surface area (Å²) >= 11 is 0. The molecule has 88 valence electrons. The first-order valence-corrected chi connectivity index (χ1v) is 6.26. The van der Waals surface area contributed by atoms with Crippen LogP contribution in [-0.4, -0.2) is 13.7 Å². The quantitative estimate of drug-likeness (QED) is 0.815. The predicted molar refractivity (Wildman–Crippen MR) is 68.1 cm³/mol. The minimum atomic E-state index is 0.918. The maximum Gasteiger partial charge on any atom is 0.119 e. The second-order valence-corrected chi connectivity index (χ2v) is 4.59. The Morgan fingerprint density at radius 2 is 1.88 bits per heavy atom. The fourth-order valence-electron chi connectivity index (χ4n) is 2.43. The molecule has 2 nitrogen and oxygen atoms in total. The van der Waals surface area contributed by atoms with Crippen molar-refractivity contribution in [2.24, 2.45) is 5.92 Å². The summed E-state index contributed by atoms with van der Waals surface area (Å²) in [5, 5.41) is 3.47. The molecule has 0 spiro atoms. The van der Waals surface area contributed by atoms with E-state index < -0.39 is 0 Å². The van der Waals surface area contributed by atoms with Gasteiger partial charge in [0.05, 0.1) is 7.11 Å². The average Bonchev–Trinajstić information content (AvgIpc) is 2.83. The molecular formula is C14H21NO. The van der Waals surface area contributed by atoms with Crippen LogP contribution in [0.5, 0.6) is 5.75 Å². The molecule has 2 rings (SSSR count). The molecule has 16 heavy (non-hydrogen) atoms. The number of nitrogens with one attached hydrogen (secondary N) is 1. The first-order chi connectivity index (χ1) is 7.88. The van der Waals surface area contributed by atoms with Crippen LogP contribution in [0.3, 0.4) is 0 Å². The van der Waals surface area contributed by atoms with E-state index in [9.17, 15) is 0 Å². The van der Waals surface area contributed by atoms with E-state index in [-0.39, 0.29) is 0 Å². The van der Waals surface area contributed by atoms with Gasteiger partial charge in [-0.15, -0.1) is 0 Å². The van der Waals surface area contributed by atoms with E-state index in [1.165, 1.54) is 37.8 Å². The van der Waals surface area contributed by atoms with Gasteiger partial charge in [0, 0.05) is 12.2 Å². The minimum Gasteiger partial charge on any atom is -0.497 e. The maximum atomic E-state index is 5.13. The zero-order valence-corrected chi connectivity index (χ0v) is 10.0. The molecule has 0 aromatic heterocycles. The smallest absolute Gasteiger partial charge is 0.119 e. The number of hydrogen-bond acceptors (Lipinski definition) is 2. The molecule has 0 radical (unpaired) electrons. The van der Waals surface area contributed by atoms with Gasteiger partial charge in [-0.25, -0.2) is 0 Å². The molecule has 1 aliphatic rings. The lowest BCUT2D eigenvalue weighted by atomic mass is 10.0. The van der Waals surface area contributed by atoms with Crippen molar-refractivity contribution in [1.29, 1.82) is 0 Å². The third-order valence-electron chi connectivity index (χ3n) is 3.45. The second kappa shape index (κ2) is 5.78. The second-order valence-electron chi connectivity index (χ2n) is 4.59. The van der Waals surface area contributed by atoms with Crippen LogP contribution in [0.4, 0.5) is 5.69 Å². The summed E-state index contributed by atoms with van der Waals surface area (Å²) < 4.78 is 5.13. The van der Waals surface area contributed by atoms with Crippen molar-refractivity contribution in [3.63, 3.8) is 0 Å². The van der Waals surface area contributed by atoms with Gasteiger partial charge in [0.2, 0.25) is 0 Å². The largest absolute Gasteiger partial charge is 0.497 e. The van der Waals surface area contributed by atoms with Crippen LogP contribution in [0.25, 0.3) is 0 Å². The number of anilines is 1. The Bertz CT molecular complexity index is 301. The normalized spacial score (nSPS) is 16.3. The molecule has 0 aliphatic heterocycles. The highest BCUT2D eigenvalue weighted by molar-refractivity contribution is 5.46. The number of rotatable bonds is 5. The third-order valence-corrected chi connectivity index (χ3v) is 3.45. The number of ether oxygens (including phenoxy) is 1. The van der Waals surface area contributed by atoms with Crippen LogP contribution >= 0.6 is 0 Å². The standard InChI is InChI=1S/C14H21NO/c1-16-14-8-6-13(7-9-14)15-11-10-12-4-2-3-5-12/h6-9,12,15H,2-5,10-11H2,1H3. The molecule has 0 amide bonds. The molecule has 0 saturated heterocycles. The van der Waals surface area contributed by atoms with E-state index in [0.717, 1.165) is 18.2 Å². The highest BCUT2D eigenvalue weighted by atomic mass is 16.5. The van der Waals surface area contributed by atoms with E-state index >= 15 is 0 Å². The van der Waals surface area contributed by atoms with Crippen LogP contribution in [0.1, 0.15) is 32.1 Å². The predicted octanol–water partition coefficient (Wildman–Crippen LogP) is 3.69. The Balaban J connectivity index is 1.71. The minimum absolute atomic E-state index is 0.918. The molecule has 1 aromatic carbocycles. The van der Waals surface area contributed by atoms with Crippen molar-refractivity contribution in [2.45, 2.75) is 32.1 Å². The van der Waals surface area contributed by atoms with E-state index in [1.54, 1.807) is 7.11 Å². The highest BCUT2D eigenvalue weighted by Crippen LogP contribution is 2.27. The Morgan fingerprint density at radius 3 is 2.50 bits per heavy atom. The van der Waals surface area contributed by atoms with Gasteiger partial charge in [-0.2, -0.15) is 0 Å². The molecule has 0 unspecified atom stereocenters.